The van der Waals surface area contributed by atoms with E-state index in [2.05, 4.69) is 5.32 Å². The van der Waals surface area contributed by atoms with Gasteiger partial charge in [0.2, 0.25) is 5.76 Å². The number of ether oxygens (including phenoxy) is 1. The number of fused-ring (bicyclic) bond motifs is 1. The predicted octanol–water partition coefficient (Wildman–Crippen LogP) is 3.66. The van der Waals surface area contributed by atoms with Crippen molar-refractivity contribution >= 4 is 38.4 Å². The molecule has 3 rings (SSSR count). The molecule has 0 aliphatic rings. The molecule has 28 heavy (non-hydrogen) atoms. The third-order valence-corrected chi connectivity index (χ3v) is 5.93. The monoisotopic (exact) mass is 401 g/mol. The Balaban J connectivity index is 2.08. The number of anilines is 1. The number of sulfone groups is 1. The van der Waals surface area contributed by atoms with Crippen molar-refractivity contribution in [2.75, 3.05) is 17.7 Å². The fourth-order valence-electron chi connectivity index (χ4n) is 2.77. The lowest BCUT2D eigenvalue weighted by Gasteiger charge is -2.10. The smallest absolute Gasteiger partial charge is 0.376 e. The quantitative estimate of drug-likeness (QED) is 0.633. The van der Waals surface area contributed by atoms with E-state index in [1.807, 2.05) is 0 Å². The summed E-state index contributed by atoms with van der Waals surface area (Å²) in [5, 5.41) is 3.14. The minimum absolute atomic E-state index is 0.00978. The Hall–Kier alpha value is -3.13. The largest absolute Gasteiger partial charge is 0.460 e. The first-order chi connectivity index (χ1) is 13.4. The van der Waals surface area contributed by atoms with Gasteiger partial charge < -0.3 is 14.5 Å². The zero-order chi connectivity index (χ0) is 20.3. The van der Waals surface area contributed by atoms with Gasteiger partial charge in [0.25, 0.3) is 5.91 Å². The molecule has 1 aromatic heterocycles. The lowest BCUT2D eigenvalue weighted by atomic mass is 10.1. The molecule has 2 aromatic carbocycles. The van der Waals surface area contributed by atoms with Gasteiger partial charge >= 0.3 is 5.97 Å². The number of hydrogen-bond acceptors (Lipinski definition) is 6. The highest BCUT2D eigenvalue weighted by atomic mass is 32.2. The van der Waals surface area contributed by atoms with Gasteiger partial charge in [-0.25, -0.2) is 13.2 Å². The Bertz CT molecular complexity index is 1150. The van der Waals surface area contributed by atoms with Crippen molar-refractivity contribution in [2.24, 2.45) is 0 Å². The molecule has 0 radical (unpaired) electrons. The van der Waals surface area contributed by atoms with Gasteiger partial charge in [-0.1, -0.05) is 31.2 Å². The highest BCUT2D eigenvalue weighted by molar-refractivity contribution is 7.91. The van der Waals surface area contributed by atoms with Crippen LogP contribution in [-0.4, -0.2) is 32.7 Å². The number of nitrogens with one attached hydrogen (secondary N) is 1. The Labute approximate surface area is 162 Å². The number of carbonyl (C=O) groups is 2. The third kappa shape index (κ3) is 3.63. The second kappa shape index (κ2) is 7.85. The molecular weight excluding hydrogens is 382 g/mol. The summed E-state index contributed by atoms with van der Waals surface area (Å²) >= 11 is 0. The number of benzene rings is 2. The maximum absolute atomic E-state index is 12.9. The zero-order valence-electron chi connectivity index (χ0n) is 15.4. The van der Waals surface area contributed by atoms with E-state index in [9.17, 15) is 18.0 Å². The molecule has 1 heterocycles. The fraction of sp³-hybridized carbons (Fsp3) is 0.200. The van der Waals surface area contributed by atoms with Gasteiger partial charge in [-0.15, -0.1) is 0 Å². The summed E-state index contributed by atoms with van der Waals surface area (Å²) in [7, 11) is -3.61. The second-order valence-corrected chi connectivity index (χ2v) is 8.12. The number of amides is 1. The lowest BCUT2D eigenvalue weighted by Crippen LogP contribution is -2.18. The van der Waals surface area contributed by atoms with Gasteiger partial charge in [-0.2, -0.15) is 0 Å². The van der Waals surface area contributed by atoms with Gasteiger partial charge in [0.15, 0.2) is 9.84 Å². The Morgan fingerprint density at radius 2 is 1.71 bits per heavy atom. The number of rotatable bonds is 6. The van der Waals surface area contributed by atoms with Gasteiger partial charge in [0.1, 0.15) is 11.3 Å². The van der Waals surface area contributed by atoms with Crippen molar-refractivity contribution in [3.63, 3.8) is 0 Å². The first kappa shape index (κ1) is 19.6. The molecule has 7 nitrogen and oxygen atoms in total. The van der Waals surface area contributed by atoms with Crippen LogP contribution >= 0.6 is 0 Å². The van der Waals surface area contributed by atoms with Crippen LogP contribution in [-0.2, 0) is 14.6 Å². The van der Waals surface area contributed by atoms with Crippen molar-refractivity contribution in [1.82, 2.24) is 0 Å². The summed E-state index contributed by atoms with van der Waals surface area (Å²) in [6.45, 7) is 3.30. The van der Waals surface area contributed by atoms with E-state index in [0.29, 0.717) is 11.0 Å². The molecular formula is C20H19NO6S. The molecule has 1 amide bonds. The fourth-order valence-corrected chi connectivity index (χ4v) is 3.86. The SMILES string of the molecule is CCOC(=O)c1oc2ccccc2c1NC(=O)c1ccccc1S(=O)(=O)CC. The molecule has 0 spiro atoms. The van der Waals surface area contributed by atoms with E-state index in [4.69, 9.17) is 9.15 Å². The molecule has 1 N–H and O–H groups in total. The topological polar surface area (TPSA) is 103 Å². The summed E-state index contributed by atoms with van der Waals surface area (Å²) < 4.78 is 35.2. The van der Waals surface area contributed by atoms with Gasteiger partial charge in [-0.3, -0.25) is 4.79 Å². The van der Waals surface area contributed by atoms with Gasteiger partial charge in [-0.05, 0) is 31.2 Å². The van der Waals surface area contributed by atoms with Crippen LogP contribution in [0.15, 0.2) is 57.8 Å². The van der Waals surface area contributed by atoms with Crippen LogP contribution in [0, 0.1) is 0 Å². The number of carbonyl (C=O) groups excluding carboxylic acids is 2. The average molecular weight is 401 g/mol. The second-order valence-electron chi connectivity index (χ2n) is 5.88. The molecule has 146 valence electrons. The molecule has 0 aliphatic carbocycles. The van der Waals surface area contributed by atoms with Crippen LogP contribution in [0.3, 0.4) is 0 Å². The molecule has 0 unspecified atom stereocenters. The van der Waals surface area contributed by atoms with Crippen molar-refractivity contribution in [3.8, 4) is 0 Å². The minimum atomic E-state index is -3.61. The standard InChI is InChI=1S/C20H19NO6S/c1-3-26-20(23)18-17(13-9-5-7-11-15(13)27-18)21-19(22)14-10-6-8-12-16(14)28(24,25)4-2/h5-12H,3-4H2,1-2H3,(H,21,22). The summed E-state index contributed by atoms with van der Waals surface area (Å²) in [4.78, 5) is 25.1. The molecule has 0 atom stereocenters. The average Bonchev–Trinajstić information content (AvgIpc) is 3.07. The van der Waals surface area contributed by atoms with Crippen molar-refractivity contribution in [1.29, 1.82) is 0 Å². The molecule has 0 bridgehead atoms. The van der Waals surface area contributed by atoms with Crippen molar-refractivity contribution in [2.45, 2.75) is 18.7 Å². The molecule has 0 fully saturated rings. The van der Waals surface area contributed by atoms with Crippen LogP contribution in [0.5, 0.6) is 0 Å². The Kier molecular flexibility index (Phi) is 5.51. The summed E-state index contributed by atoms with van der Waals surface area (Å²) in [5.74, 6) is -1.67. The van der Waals surface area contributed by atoms with E-state index in [-0.39, 0.29) is 34.3 Å². The summed E-state index contributed by atoms with van der Waals surface area (Å²) in [6.07, 6.45) is 0. The Morgan fingerprint density at radius 3 is 2.43 bits per heavy atom. The molecule has 0 saturated carbocycles. The van der Waals surface area contributed by atoms with Crippen LogP contribution in [0.1, 0.15) is 34.8 Å². The maximum atomic E-state index is 12.9. The number of esters is 1. The van der Waals surface area contributed by atoms with Crippen LogP contribution in [0.2, 0.25) is 0 Å². The van der Waals surface area contributed by atoms with Crippen molar-refractivity contribution in [3.05, 3.63) is 59.9 Å². The van der Waals surface area contributed by atoms with Gasteiger partial charge in [0.05, 0.1) is 22.8 Å². The molecule has 3 aromatic rings. The Morgan fingerprint density at radius 1 is 1.04 bits per heavy atom. The van der Waals surface area contributed by atoms with Crippen LogP contribution in [0.4, 0.5) is 5.69 Å². The van der Waals surface area contributed by atoms with E-state index < -0.39 is 21.7 Å². The van der Waals surface area contributed by atoms with E-state index in [0.717, 1.165) is 0 Å². The zero-order valence-corrected chi connectivity index (χ0v) is 16.2. The molecule has 0 saturated heterocycles. The molecule has 8 heteroatoms. The van der Waals surface area contributed by atoms with Gasteiger partial charge in [0, 0.05) is 5.39 Å². The van der Waals surface area contributed by atoms with E-state index in [1.54, 1.807) is 43.3 Å². The van der Waals surface area contributed by atoms with E-state index in [1.165, 1.54) is 19.1 Å². The van der Waals surface area contributed by atoms with E-state index >= 15 is 0 Å². The minimum Gasteiger partial charge on any atom is -0.460 e. The van der Waals surface area contributed by atoms with Crippen LogP contribution < -0.4 is 5.32 Å². The number of hydrogen-bond donors (Lipinski definition) is 1. The third-order valence-electron chi connectivity index (χ3n) is 4.14. The predicted molar refractivity (Wildman–Crippen MR) is 104 cm³/mol. The number of furan rings is 1. The number of para-hydroxylation sites is 1. The highest BCUT2D eigenvalue weighted by Gasteiger charge is 2.26. The molecule has 0 aliphatic heterocycles. The first-order valence-corrected chi connectivity index (χ1v) is 10.4. The normalized spacial score (nSPS) is 11.4. The first-order valence-electron chi connectivity index (χ1n) is 8.70. The highest BCUT2D eigenvalue weighted by Crippen LogP contribution is 2.32. The lowest BCUT2D eigenvalue weighted by molar-refractivity contribution is 0.0494. The summed E-state index contributed by atoms with van der Waals surface area (Å²) in [6, 6.07) is 12.7. The van der Waals surface area contributed by atoms with Crippen molar-refractivity contribution < 1.29 is 27.2 Å². The van der Waals surface area contributed by atoms with Crippen LogP contribution in [0.25, 0.3) is 11.0 Å². The maximum Gasteiger partial charge on any atom is 0.376 e. The summed E-state index contributed by atoms with van der Waals surface area (Å²) in [5.41, 5.74) is 0.530.